The van der Waals surface area contributed by atoms with Crippen molar-refractivity contribution in [2.45, 2.75) is 0 Å². The number of phenolic OH excluding ortho intramolecular Hbond substituents is 1. The molecule has 0 atom stereocenters. The number of hydrogen-bond acceptors (Lipinski definition) is 3. The van der Waals surface area contributed by atoms with Crippen molar-refractivity contribution in [2.24, 2.45) is 0 Å². The monoisotopic (exact) mass is 277 g/mol. The molecule has 3 heteroatoms. The number of benzene rings is 2. The quantitative estimate of drug-likeness (QED) is 0.782. The van der Waals surface area contributed by atoms with Gasteiger partial charge in [0.2, 0.25) is 0 Å². The van der Waals surface area contributed by atoms with Crippen LogP contribution >= 0.6 is 0 Å². The topological polar surface area (TPSA) is 42.4 Å². The third-order valence-electron chi connectivity index (χ3n) is 3.39. The summed E-state index contributed by atoms with van der Waals surface area (Å²) >= 11 is 0. The first-order chi connectivity index (χ1) is 10.3. The summed E-state index contributed by atoms with van der Waals surface area (Å²) in [6.07, 6.45) is 3.55. The van der Waals surface area contributed by atoms with Crippen LogP contribution < -0.4 is 4.74 Å². The molecule has 0 aliphatic carbocycles. The fourth-order valence-corrected chi connectivity index (χ4v) is 2.40. The third kappa shape index (κ3) is 2.58. The number of nitrogens with zero attached hydrogens (tertiary/aromatic N) is 1. The van der Waals surface area contributed by atoms with Crippen LogP contribution in [0.25, 0.3) is 22.3 Å². The Labute approximate surface area is 123 Å². The van der Waals surface area contributed by atoms with Crippen LogP contribution in [0.15, 0.2) is 67.0 Å². The van der Waals surface area contributed by atoms with Crippen molar-refractivity contribution >= 4 is 0 Å². The Morgan fingerprint density at radius 2 is 1.57 bits per heavy atom. The Kier molecular flexibility index (Phi) is 3.56. The van der Waals surface area contributed by atoms with Gasteiger partial charge in [-0.25, -0.2) is 0 Å². The second kappa shape index (κ2) is 5.67. The van der Waals surface area contributed by atoms with Gasteiger partial charge in [-0.05, 0) is 47.0 Å². The Hall–Kier alpha value is -2.81. The second-order valence-corrected chi connectivity index (χ2v) is 4.67. The van der Waals surface area contributed by atoms with Gasteiger partial charge in [0.05, 0.1) is 7.11 Å². The van der Waals surface area contributed by atoms with Crippen molar-refractivity contribution in [3.63, 3.8) is 0 Å². The molecule has 21 heavy (non-hydrogen) atoms. The van der Waals surface area contributed by atoms with E-state index < -0.39 is 0 Å². The van der Waals surface area contributed by atoms with E-state index in [0.717, 1.165) is 28.0 Å². The highest BCUT2D eigenvalue weighted by atomic mass is 16.5. The number of ether oxygens (including phenoxy) is 1. The molecule has 0 radical (unpaired) electrons. The summed E-state index contributed by atoms with van der Waals surface area (Å²) in [5.41, 5.74) is 4.15. The van der Waals surface area contributed by atoms with Gasteiger partial charge >= 0.3 is 0 Å². The summed E-state index contributed by atoms with van der Waals surface area (Å²) in [5, 5.41) is 9.48. The third-order valence-corrected chi connectivity index (χ3v) is 3.39. The molecule has 104 valence electrons. The van der Waals surface area contributed by atoms with Crippen LogP contribution in [0.2, 0.25) is 0 Å². The minimum atomic E-state index is 0.249. The molecule has 0 saturated carbocycles. The first kappa shape index (κ1) is 13.2. The Morgan fingerprint density at radius 1 is 0.857 bits per heavy atom. The summed E-state index contributed by atoms with van der Waals surface area (Å²) < 4.78 is 5.51. The summed E-state index contributed by atoms with van der Waals surface area (Å²) in [6, 6.07) is 17.0. The molecule has 0 bridgehead atoms. The molecule has 0 aliphatic rings. The standard InChI is InChI=1S/C18H15NO2/c1-21-17-4-2-3-16(13-9-11-19-12-10-13)18(17)14-5-7-15(20)8-6-14/h2-12,20H,1H3. The SMILES string of the molecule is COc1cccc(-c2ccncc2)c1-c1ccc(O)cc1. The molecule has 3 aromatic rings. The highest BCUT2D eigenvalue weighted by molar-refractivity contribution is 5.87. The van der Waals surface area contributed by atoms with E-state index in [9.17, 15) is 5.11 Å². The van der Waals surface area contributed by atoms with Gasteiger partial charge in [0.15, 0.2) is 0 Å². The van der Waals surface area contributed by atoms with Gasteiger partial charge in [0, 0.05) is 18.0 Å². The predicted molar refractivity (Wildman–Crippen MR) is 83.3 cm³/mol. The fraction of sp³-hybridized carbons (Fsp3) is 0.0556. The van der Waals surface area contributed by atoms with Gasteiger partial charge in [-0.2, -0.15) is 0 Å². The summed E-state index contributed by atoms with van der Waals surface area (Å²) in [5.74, 6) is 1.05. The maximum absolute atomic E-state index is 9.48. The molecule has 1 aromatic heterocycles. The van der Waals surface area contributed by atoms with Crippen LogP contribution in [0.5, 0.6) is 11.5 Å². The molecule has 2 aromatic carbocycles. The van der Waals surface area contributed by atoms with Crippen LogP contribution in [0.4, 0.5) is 0 Å². The van der Waals surface area contributed by atoms with E-state index in [1.165, 1.54) is 0 Å². The van der Waals surface area contributed by atoms with E-state index in [4.69, 9.17) is 4.74 Å². The van der Waals surface area contributed by atoms with Crippen LogP contribution in [-0.4, -0.2) is 17.2 Å². The Balaban J connectivity index is 2.24. The molecular formula is C18H15NO2. The molecule has 3 nitrogen and oxygen atoms in total. The normalized spacial score (nSPS) is 10.3. The van der Waals surface area contributed by atoms with Gasteiger partial charge in [0.1, 0.15) is 11.5 Å². The zero-order chi connectivity index (χ0) is 14.7. The van der Waals surface area contributed by atoms with Crippen LogP contribution in [0.3, 0.4) is 0 Å². The molecule has 0 spiro atoms. The Bertz CT molecular complexity index is 737. The average Bonchev–Trinajstić information content (AvgIpc) is 2.56. The van der Waals surface area contributed by atoms with E-state index in [2.05, 4.69) is 11.1 Å². The smallest absolute Gasteiger partial charge is 0.127 e. The lowest BCUT2D eigenvalue weighted by atomic mass is 9.94. The van der Waals surface area contributed by atoms with Gasteiger partial charge in [-0.3, -0.25) is 4.98 Å². The van der Waals surface area contributed by atoms with Gasteiger partial charge in [-0.15, -0.1) is 0 Å². The first-order valence-electron chi connectivity index (χ1n) is 6.66. The molecule has 3 rings (SSSR count). The lowest BCUT2D eigenvalue weighted by Crippen LogP contribution is -1.91. The van der Waals surface area contributed by atoms with Crippen molar-refractivity contribution < 1.29 is 9.84 Å². The molecule has 0 aliphatic heterocycles. The molecule has 0 fully saturated rings. The van der Waals surface area contributed by atoms with E-state index in [1.54, 1.807) is 31.6 Å². The molecule has 0 unspecified atom stereocenters. The zero-order valence-electron chi connectivity index (χ0n) is 11.7. The second-order valence-electron chi connectivity index (χ2n) is 4.67. The number of methoxy groups -OCH3 is 1. The molecule has 0 saturated heterocycles. The number of aromatic hydroxyl groups is 1. The average molecular weight is 277 g/mol. The van der Waals surface area contributed by atoms with Gasteiger partial charge in [0.25, 0.3) is 0 Å². The van der Waals surface area contributed by atoms with E-state index in [0.29, 0.717) is 0 Å². The Morgan fingerprint density at radius 3 is 2.24 bits per heavy atom. The van der Waals surface area contributed by atoms with Gasteiger partial charge < -0.3 is 9.84 Å². The summed E-state index contributed by atoms with van der Waals surface area (Å²) in [7, 11) is 1.66. The maximum Gasteiger partial charge on any atom is 0.127 e. The number of aromatic nitrogens is 1. The number of hydrogen-bond donors (Lipinski definition) is 1. The van der Waals surface area contributed by atoms with Crippen molar-refractivity contribution in [3.05, 3.63) is 67.0 Å². The number of rotatable bonds is 3. The van der Waals surface area contributed by atoms with Crippen molar-refractivity contribution in [2.75, 3.05) is 7.11 Å². The van der Waals surface area contributed by atoms with Crippen LogP contribution in [0, 0.1) is 0 Å². The zero-order valence-corrected chi connectivity index (χ0v) is 11.7. The lowest BCUT2D eigenvalue weighted by molar-refractivity contribution is 0.416. The first-order valence-corrected chi connectivity index (χ1v) is 6.66. The van der Waals surface area contributed by atoms with Crippen LogP contribution in [-0.2, 0) is 0 Å². The van der Waals surface area contributed by atoms with Crippen molar-refractivity contribution in [1.82, 2.24) is 4.98 Å². The largest absolute Gasteiger partial charge is 0.508 e. The number of phenols is 1. The van der Waals surface area contributed by atoms with Crippen molar-refractivity contribution in [1.29, 1.82) is 0 Å². The molecule has 1 N–H and O–H groups in total. The van der Waals surface area contributed by atoms with E-state index in [1.807, 2.05) is 36.4 Å². The van der Waals surface area contributed by atoms with Crippen molar-refractivity contribution in [3.8, 4) is 33.8 Å². The highest BCUT2D eigenvalue weighted by Gasteiger charge is 2.12. The summed E-state index contributed by atoms with van der Waals surface area (Å²) in [4.78, 5) is 4.06. The predicted octanol–water partition coefficient (Wildman–Crippen LogP) is 4.13. The number of pyridine rings is 1. The lowest BCUT2D eigenvalue weighted by Gasteiger charge is -2.14. The van der Waals surface area contributed by atoms with Crippen LogP contribution in [0.1, 0.15) is 0 Å². The molecule has 0 amide bonds. The van der Waals surface area contributed by atoms with E-state index >= 15 is 0 Å². The minimum Gasteiger partial charge on any atom is -0.508 e. The van der Waals surface area contributed by atoms with E-state index in [-0.39, 0.29) is 5.75 Å². The highest BCUT2D eigenvalue weighted by Crippen LogP contribution is 2.39. The minimum absolute atomic E-state index is 0.249. The molecular weight excluding hydrogens is 262 g/mol. The fourth-order valence-electron chi connectivity index (χ4n) is 2.40. The molecule has 1 heterocycles. The summed E-state index contributed by atoms with van der Waals surface area (Å²) in [6.45, 7) is 0. The van der Waals surface area contributed by atoms with Gasteiger partial charge in [-0.1, -0.05) is 24.3 Å². The maximum atomic E-state index is 9.48.